The van der Waals surface area contributed by atoms with Crippen LogP contribution in [0.2, 0.25) is 0 Å². The monoisotopic (exact) mass is 334 g/mol. The molecule has 1 aromatic rings. The van der Waals surface area contributed by atoms with Crippen LogP contribution in [0.25, 0.3) is 0 Å². The highest BCUT2D eigenvalue weighted by atomic mass is 16.5. The van der Waals surface area contributed by atoms with Crippen LogP contribution in [0.1, 0.15) is 81.2 Å². The Kier molecular flexibility index (Phi) is 5.87. The minimum absolute atomic E-state index is 0.0740. The highest BCUT2D eigenvalue weighted by molar-refractivity contribution is 5.90. The largest absolute Gasteiger partial charge is 0.381 e. The third-order valence-electron chi connectivity index (χ3n) is 5.62. The number of hydrogen-bond acceptors (Lipinski definition) is 4. The van der Waals surface area contributed by atoms with Crippen molar-refractivity contribution in [2.45, 2.75) is 77.3 Å². The Morgan fingerprint density at radius 1 is 1.21 bits per heavy atom. The second-order valence-corrected chi connectivity index (χ2v) is 7.07. The standard InChI is InChI=1S/C18H30N4O2/c1-3-14(4-2)19-18(23)17-21-20-16-15(7-5-6-10-22(16)17)13-8-11-24-12-9-13/h13-15H,3-12H2,1-2H3,(H,19,23)/t15-/m0/s1. The Hall–Kier alpha value is -1.43. The first-order chi connectivity index (χ1) is 11.7. The van der Waals surface area contributed by atoms with Crippen LogP contribution in [-0.4, -0.2) is 39.9 Å². The van der Waals surface area contributed by atoms with Gasteiger partial charge < -0.3 is 14.6 Å². The van der Waals surface area contributed by atoms with E-state index in [2.05, 4.69) is 33.9 Å². The van der Waals surface area contributed by atoms with Crippen molar-refractivity contribution in [2.75, 3.05) is 13.2 Å². The maximum atomic E-state index is 12.6. The molecule has 24 heavy (non-hydrogen) atoms. The molecule has 1 aromatic heterocycles. The summed E-state index contributed by atoms with van der Waals surface area (Å²) in [5, 5.41) is 11.8. The van der Waals surface area contributed by atoms with E-state index in [-0.39, 0.29) is 11.9 Å². The van der Waals surface area contributed by atoms with E-state index >= 15 is 0 Å². The highest BCUT2D eigenvalue weighted by Gasteiger charge is 2.32. The summed E-state index contributed by atoms with van der Waals surface area (Å²) in [4.78, 5) is 12.6. The molecule has 6 heteroatoms. The average molecular weight is 334 g/mol. The Morgan fingerprint density at radius 3 is 2.67 bits per heavy atom. The van der Waals surface area contributed by atoms with Gasteiger partial charge in [0, 0.05) is 31.7 Å². The van der Waals surface area contributed by atoms with Crippen molar-refractivity contribution < 1.29 is 9.53 Å². The number of carbonyl (C=O) groups is 1. The molecular formula is C18H30N4O2. The van der Waals surface area contributed by atoms with Crippen molar-refractivity contribution in [1.29, 1.82) is 0 Å². The molecule has 2 aliphatic heterocycles. The molecule has 134 valence electrons. The van der Waals surface area contributed by atoms with Gasteiger partial charge in [-0.05, 0) is 44.4 Å². The second kappa shape index (κ2) is 8.10. The van der Waals surface area contributed by atoms with Gasteiger partial charge in [-0.25, -0.2) is 0 Å². The zero-order valence-corrected chi connectivity index (χ0v) is 15.0. The number of rotatable bonds is 5. The van der Waals surface area contributed by atoms with Gasteiger partial charge in [-0.2, -0.15) is 0 Å². The summed E-state index contributed by atoms with van der Waals surface area (Å²) in [6.07, 6.45) is 7.49. The molecule has 1 N–H and O–H groups in total. The lowest BCUT2D eigenvalue weighted by molar-refractivity contribution is 0.0556. The fourth-order valence-electron chi connectivity index (χ4n) is 4.05. The molecule has 3 heterocycles. The first kappa shape index (κ1) is 17.4. The smallest absolute Gasteiger partial charge is 0.289 e. The van der Waals surface area contributed by atoms with E-state index in [4.69, 9.17) is 4.74 Å². The van der Waals surface area contributed by atoms with Crippen molar-refractivity contribution in [2.24, 2.45) is 5.92 Å². The van der Waals surface area contributed by atoms with Crippen LogP contribution in [0.3, 0.4) is 0 Å². The summed E-state index contributed by atoms with van der Waals surface area (Å²) in [6.45, 7) is 6.74. The van der Waals surface area contributed by atoms with Crippen molar-refractivity contribution in [1.82, 2.24) is 20.1 Å². The van der Waals surface area contributed by atoms with Crippen molar-refractivity contribution in [3.8, 4) is 0 Å². The van der Waals surface area contributed by atoms with Crippen molar-refractivity contribution >= 4 is 5.91 Å². The maximum Gasteiger partial charge on any atom is 0.289 e. The normalized spacial score (nSPS) is 22.2. The number of aromatic nitrogens is 3. The molecule has 1 atom stereocenters. The van der Waals surface area contributed by atoms with Crippen LogP contribution in [0.15, 0.2) is 0 Å². The minimum atomic E-state index is -0.0740. The molecule has 0 bridgehead atoms. The first-order valence-electron chi connectivity index (χ1n) is 9.56. The second-order valence-electron chi connectivity index (χ2n) is 7.07. The van der Waals surface area contributed by atoms with Crippen LogP contribution >= 0.6 is 0 Å². The first-order valence-corrected chi connectivity index (χ1v) is 9.56. The number of nitrogens with one attached hydrogen (secondary N) is 1. The lowest BCUT2D eigenvalue weighted by atomic mass is 9.82. The van der Waals surface area contributed by atoms with Crippen LogP contribution < -0.4 is 5.32 Å². The summed E-state index contributed by atoms with van der Waals surface area (Å²) in [6, 6.07) is 0.211. The number of hydrogen-bond donors (Lipinski definition) is 1. The molecule has 1 amide bonds. The van der Waals surface area contributed by atoms with E-state index in [9.17, 15) is 4.79 Å². The molecule has 0 aliphatic carbocycles. The van der Waals surface area contributed by atoms with Gasteiger partial charge in [-0.1, -0.05) is 20.3 Å². The third kappa shape index (κ3) is 3.63. The molecule has 0 radical (unpaired) electrons. The predicted molar refractivity (Wildman–Crippen MR) is 92.0 cm³/mol. The SMILES string of the molecule is CCC(CC)NC(=O)c1nnc2n1CCCC[C@H]2C1CCOCC1. The zero-order valence-electron chi connectivity index (χ0n) is 15.0. The van der Waals surface area contributed by atoms with Gasteiger partial charge in [0.1, 0.15) is 5.82 Å². The average Bonchev–Trinajstić information content (AvgIpc) is 2.93. The van der Waals surface area contributed by atoms with Gasteiger partial charge in [0.05, 0.1) is 0 Å². The molecule has 1 saturated heterocycles. The van der Waals surface area contributed by atoms with E-state index < -0.39 is 0 Å². The van der Waals surface area contributed by atoms with Crippen molar-refractivity contribution in [3.63, 3.8) is 0 Å². The van der Waals surface area contributed by atoms with E-state index in [0.717, 1.165) is 64.1 Å². The molecule has 0 spiro atoms. The number of amides is 1. The van der Waals surface area contributed by atoms with Gasteiger partial charge in [-0.15, -0.1) is 10.2 Å². The fraction of sp³-hybridized carbons (Fsp3) is 0.833. The van der Waals surface area contributed by atoms with Crippen LogP contribution in [0.4, 0.5) is 0 Å². The van der Waals surface area contributed by atoms with Crippen LogP contribution in [0, 0.1) is 5.92 Å². The number of fused-ring (bicyclic) bond motifs is 1. The van der Waals surface area contributed by atoms with E-state index in [1.807, 2.05) is 0 Å². The van der Waals surface area contributed by atoms with E-state index in [1.54, 1.807) is 0 Å². The molecule has 0 saturated carbocycles. The molecule has 6 nitrogen and oxygen atoms in total. The lowest BCUT2D eigenvalue weighted by Gasteiger charge is -2.28. The number of nitrogens with zero attached hydrogens (tertiary/aromatic N) is 3. The maximum absolute atomic E-state index is 12.6. The molecule has 0 aromatic carbocycles. The molecule has 0 unspecified atom stereocenters. The van der Waals surface area contributed by atoms with Gasteiger partial charge in [0.2, 0.25) is 5.82 Å². The zero-order chi connectivity index (χ0) is 16.9. The van der Waals surface area contributed by atoms with Gasteiger partial charge in [0.25, 0.3) is 5.91 Å². The highest BCUT2D eigenvalue weighted by Crippen LogP contribution is 2.37. The Morgan fingerprint density at radius 2 is 1.96 bits per heavy atom. The summed E-state index contributed by atoms with van der Waals surface area (Å²) in [7, 11) is 0. The third-order valence-corrected chi connectivity index (χ3v) is 5.62. The van der Waals surface area contributed by atoms with Gasteiger partial charge >= 0.3 is 0 Å². The molecule has 1 fully saturated rings. The van der Waals surface area contributed by atoms with Gasteiger partial charge in [-0.3, -0.25) is 4.79 Å². The quantitative estimate of drug-likeness (QED) is 0.899. The summed E-state index contributed by atoms with van der Waals surface area (Å²) in [5.41, 5.74) is 0. The summed E-state index contributed by atoms with van der Waals surface area (Å²) < 4.78 is 7.60. The summed E-state index contributed by atoms with van der Waals surface area (Å²) >= 11 is 0. The fourth-order valence-corrected chi connectivity index (χ4v) is 4.05. The molecular weight excluding hydrogens is 304 g/mol. The van der Waals surface area contributed by atoms with Crippen LogP contribution in [0.5, 0.6) is 0 Å². The van der Waals surface area contributed by atoms with Gasteiger partial charge in [0.15, 0.2) is 0 Å². The topological polar surface area (TPSA) is 69.0 Å². The number of ether oxygens (including phenoxy) is 1. The molecule has 3 rings (SSSR count). The summed E-state index contributed by atoms with van der Waals surface area (Å²) in [5.74, 6) is 2.47. The van der Waals surface area contributed by atoms with E-state index in [0.29, 0.717) is 17.7 Å². The minimum Gasteiger partial charge on any atom is -0.381 e. The Balaban J connectivity index is 1.81. The molecule has 2 aliphatic rings. The Labute approximate surface area is 144 Å². The Bertz CT molecular complexity index is 547. The lowest BCUT2D eigenvalue weighted by Crippen LogP contribution is -2.35. The van der Waals surface area contributed by atoms with E-state index in [1.165, 1.54) is 6.42 Å². The predicted octanol–water partition coefficient (Wildman–Crippen LogP) is 2.89. The van der Waals surface area contributed by atoms with Crippen molar-refractivity contribution in [3.05, 3.63) is 11.6 Å². The number of carbonyl (C=O) groups excluding carboxylic acids is 1. The van der Waals surface area contributed by atoms with Crippen LogP contribution in [-0.2, 0) is 11.3 Å².